The van der Waals surface area contributed by atoms with Crippen molar-refractivity contribution in [2.24, 2.45) is 0 Å². The first kappa shape index (κ1) is 12.7. The summed E-state index contributed by atoms with van der Waals surface area (Å²) in [6.45, 7) is 8.30. The molecule has 0 aliphatic heterocycles. The highest BCUT2D eigenvalue weighted by atomic mass is 16.1. The summed E-state index contributed by atoms with van der Waals surface area (Å²) in [4.78, 5) is 17.3. The smallest absolute Gasteiger partial charge is 0.151 e. The number of carbonyl (C=O) groups is 1. The molecule has 1 aromatic heterocycles. The van der Waals surface area contributed by atoms with E-state index in [4.69, 9.17) is 0 Å². The molecule has 1 aromatic rings. The molecule has 0 aromatic carbocycles. The predicted octanol–water partition coefficient (Wildman–Crippen LogP) is 2.83. The van der Waals surface area contributed by atoms with Crippen LogP contribution in [0.2, 0.25) is 0 Å². The molecule has 1 rings (SSSR count). The third-order valence-electron chi connectivity index (χ3n) is 2.67. The van der Waals surface area contributed by atoms with Crippen LogP contribution in [0, 0.1) is 6.92 Å². The SMILES string of the molecule is CCCCN(CC)c1ncc(C=O)cc1C. The minimum atomic E-state index is 0.646. The number of nitrogens with zero attached hydrogens (tertiary/aromatic N) is 2. The Hall–Kier alpha value is -1.38. The predicted molar refractivity (Wildman–Crippen MR) is 67.2 cm³/mol. The molecular formula is C13H20N2O. The highest BCUT2D eigenvalue weighted by Gasteiger charge is 2.08. The Morgan fingerprint density at radius 1 is 1.44 bits per heavy atom. The molecule has 0 bridgehead atoms. The molecule has 0 spiro atoms. The average Bonchev–Trinajstić information content (AvgIpc) is 2.31. The zero-order chi connectivity index (χ0) is 12.0. The Labute approximate surface area is 97.5 Å². The number of rotatable bonds is 6. The van der Waals surface area contributed by atoms with Crippen molar-refractivity contribution in [3.05, 3.63) is 23.4 Å². The maximum atomic E-state index is 10.6. The first-order valence-corrected chi connectivity index (χ1v) is 5.89. The summed E-state index contributed by atoms with van der Waals surface area (Å²) in [6, 6.07) is 1.89. The first-order valence-electron chi connectivity index (χ1n) is 5.89. The van der Waals surface area contributed by atoms with Gasteiger partial charge in [0.15, 0.2) is 6.29 Å². The summed E-state index contributed by atoms with van der Waals surface area (Å²) < 4.78 is 0. The van der Waals surface area contributed by atoms with E-state index in [0.29, 0.717) is 5.56 Å². The van der Waals surface area contributed by atoms with Gasteiger partial charge in [-0.2, -0.15) is 0 Å². The fourth-order valence-corrected chi connectivity index (χ4v) is 1.75. The highest BCUT2D eigenvalue weighted by molar-refractivity contribution is 5.75. The van der Waals surface area contributed by atoms with Gasteiger partial charge in [-0.1, -0.05) is 13.3 Å². The maximum Gasteiger partial charge on any atom is 0.151 e. The number of carbonyl (C=O) groups excluding carboxylic acids is 1. The average molecular weight is 220 g/mol. The molecule has 88 valence electrons. The van der Waals surface area contributed by atoms with E-state index in [9.17, 15) is 4.79 Å². The second-order valence-electron chi connectivity index (χ2n) is 3.96. The molecule has 0 aliphatic carbocycles. The number of aryl methyl sites for hydroxylation is 1. The zero-order valence-corrected chi connectivity index (χ0v) is 10.4. The number of pyridine rings is 1. The molecule has 0 saturated carbocycles. The van der Waals surface area contributed by atoms with Crippen LogP contribution in [-0.4, -0.2) is 24.4 Å². The lowest BCUT2D eigenvalue weighted by Gasteiger charge is -2.23. The quantitative estimate of drug-likeness (QED) is 0.691. The summed E-state index contributed by atoms with van der Waals surface area (Å²) in [6.07, 6.45) is 4.84. The number of aromatic nitrogens is 1. The van der Waals surface area contributed by atoms with Crippen molar-refractivity contribution >= 4 is 12.1 Å². The minimum Gasteiger partial charge on any atom is -0.357 e. The fourth-order valence-electron chi connectivity index (χ4n) is 1.75. The monoisotopic (exact) mass is 220 g/mol. The van der Waals surface area contributed by atoms with Crippen molar-refractivity contribution in [3.8, 4) is 0 Å². The van der Waals surface area contributed by atoms with Crippen molar-refractivity contribution in [3.63, 3.8) is 0 Å². The summed E-state index contributed by atoms with van der Waals surface area (Å²) in [5.41, 5.74) is 1.72. The van der Waals surface area contributed by atoms with Crippen molar-refractivity contribution in [1.29, 1.82) is 0 Å². The number of aldehydes is 1. The van der Waals surface area contributed by atoms with E-state index in [1.54, 1.807) is 6.20 Å². The maximum absolute atomic E-state index is 10.6. The topological polar surface area (TPSA) is 33.2 Å². The van der Waals surface area contributed by atoms with Gasteiger partial charge in [0.2, 0.25) is 0 Å². The van der Waals surface area contributed by atoms with E-state index < -0.39 is 0 Å². The van der Waals surface area contributed by atoms with E-state index in [-0.39, 0.29) is 0 Å². The second kappa shape index (κ2) is 6.26. The van der Waals surface area contributed by atoms with Gasteiger partial charge < -0.3 is 4.90 Å². The summed E-state index contributed by atoms with van der Waals surface area (Å²) >= 11 is 0. The largest absolute Gasteiger partial charge is 0.357 e. The van der Waals surface area contributed by atoms with Gasteiger partial charge in [0, 0.05) is 24.8 Å². The van der Waals surface area contributed by atoms with Gasteiger partial charge in [-0.3, -0.25) is 4.79 Å². The normalized spacial score (nSPS) is 10.2. The highest BCUT2D eigenvalue weighted by Crippen LogP contribution is 2.17. The lowest BCUT2D eigenvalue weighted by atomic mass is 10.2. The number of anilines is 1. The molecule has 0 aliphatic rings. The third-order valence-corrected chi connectivity index (χ3v) is 2.67. The molecule has 16 heavy (non-hydrogen) atoms. The number of hydrogen-bond acceptors (Lipinski definition) is 3. The fraction of sp³-hybridized carbons (Fsp3) is 0.538. The van der Waals surface area contributed by atoms with E-state index in [1.165, 1.54) is 12.8 Å². The first-order chi connectivity index (χ1) is 7.72. The van der Waals surface area contributed by atoms with E-state index >= 15 is 0 Å². The molecule has 3 heteroatoms. The molecule has 0 N–H and O–H groups in total. The molecular weight excluding hydrogens is 200 g/mol. The zero-order valence-electron chi connectivity index (χ0n) is 10.4. The van der Waals surface area contributed by atoms with Gasteiger partial charge in [-0.25, -0.2) is 4.98 Å². The summed E-state index contributed by atoms with van der Waals surface area (Å²) in [5, 5.41) is 0. The van der Waals surface area contributed by atoms with E-state index in [1.807, 2.05) is 13.0 Å². The lowest BCUT2D eigenvalue weighted by Crippen LogP contribution is -2.25. The van der Waals surface area contributed by atoms with Crippen LogP contribution in [0.4, 0.5) is 5.82 Å². The molecule has 1 heterocycles. The molecule has 3 nitrogen and oxygen atoms in total. The van der Waals surface area contributed by atoms with Crippen LogP contribution in [0.15, 0.2) is 12.3 Å². The van der Waals surface area contributed by atoms with E-state index in [0.717, 1.165) is 30.8 Å². The molecule has 0 amide bonds. The lowest BCUT2D eigenvalue weighted by molar-refractivity contribution is 0.112. The standard InChI is InChI=1S/C13H20N2O/c1-4-6-7-15(5-2)13-11(3)8-12(10-16)9-14-13/h8-10H,4-7H2,1-3H3. The van der Waals surface area contributed by atoms with Gasteiger partial charge in [0.1, 0.15) is 5.82 Å². The van der Waals surface area contributed by atoms with Gasteiger partial charge in [0.05, 0.1) is 0 Å². The van der Waals surface area contributed by atoms with E-state index in [2.05, 4.69) is 23.7 Å². The molecule has 0 fully saturated rings. The summed E-state index contributed by atoms with van der Waals surface area (Å²) in [7, 11) is 0. The Kier molecular flexibility index (Phi) is 4.96. The van der Waals surface area contributed by atoms with Crippen LogP contribution in [-0.2, 0) is 0 Å². The molecule has 0 saturated heterocycles. The van der Waals surface area contributed by atoms with Crippen LogP contribution in [0.3, 0.4) is 0 Å². The van der Waals surface area contributed by atoms with Crippen molar-refractivity contribution in [2.45, 2.75) is 33.6 Å². The second-order valence-corrected chi connectivity index (χ2v) is 3.96. The van der Waals surface area contributed by atoms with Crippen molar-refractivity contribution in [1.82, 2.24) is 4.98 Å². The Bertz CT molecular complexity index is 350. The van der Waals surface area contributed by atoms with Gasteiger partial charge in [-0.05, 0) is 31.9 Å². The van der Waals surface area contributed by atoms with Crippen LogP contribution in [0.1, 0.15) is 42.6 Å². The van der Waals surface area contributed by atoms with Crippen LogP contribution in [0.5, 0.6) is 0 Å². The van der Waals surface area contributed by atoms with Crippen LogP contribution >= 0.6 is 0 Å². The minimum absolute atomic E-state index is 0.646. The summed E-state index contributed by atoms with van der Waals surface area (Å²) in [5.74, 6) is 1.00. The Balaban J connectivity index is 2.87. The molecule has 0 radical (unpaired) electrons. The van der Waals surface area contributed by atoms with Crippen LogP contribution < -0.4 is 4.90 Å². The van der Waals surface area contributed by atoms with Gasteiger partial charge >= 0.3 is 0 Å². The molecule has 0 atom stereocenters. The Morgan fingerprint density at radius 2 is 2.19 bits per heavy atom. The van der Waals surface area contributed by atoms with Gasteiger partial charge in [-0.15, -0.1) is 0 Å². The number of unbranched alkanes of at least 4 members (excludes halogenated alkanes) is 1. The Morgan fingerprint density at radius 3 is 2.69 bits per heavy atom. The van der Waals surface area contributed by atoms with Gasteiger partial charge in [0.25, 0.3) is 0 Å². The third kappa shape index (κ3) is 3.05. The molecule has 0 unspecified atom stereocenters. The van der Waals surface area contributed by atoms with Crippen molar-refractivity contribution < 1.29 is 4.79 Å². The van der Waals surface area contributed by atoms with Crippen molar-refractivity contribution in [2.75, 3.05) is 18.0 Å². The van der Waals surface area contributed by atoms with Crippen LogP contribution in [0.25, 0.3) is 0 Å². The number of hydrogen-bond donors (Lipinski definition) is 0.